The number of fused-ring (bicyclic) bond motifs is 1. The molecule has 3 N–H and O–H groups in total. The van der Waals surface area contributed by atoms with E-state index in [0.717, 1.165) is 35.2 Å². The van der Waals surface area contributed by atoms with E-state index in [1.54, 1.807) is 25.4 Å². The van der Waals surface area contributed by atoms with Crippen molar-refractivity contribution in [1.29, 1.82) is 0 Å². The van der Waals surface area contributed by atoms with Crippen LogP contribution in [-0.2, 0) is 6.42 Å². The normalized spacial score (nSPS) is 17.9. The van der Waals surface area contributed by atoms with Crippen LogP contribution in [0.4, 0.5) is 4.39 Å². The van der Waals surface area contributed by atoms with E-state index >= 15 is 0 Å². The summed E-state index contributed by atoms with van der Waals surface area (Å²) in [5.74, 6) is -0.279. The van der Waals surface area contributed by atoms with Crippen LogP contribution < -0.4 is 11.1 Å². The van der Waals surface area contributed by atoms with E-state index in [-0.39, 0.29) is 11.9 Å². The van der Waals surface area contributed by atoms with Crippen LogP contribution in [-0.4, -0.2) is 25.3 Å². The Morgan fingerprint density at radius 2 is 2.08 bits per heavy atom. The number of hydrogen-bond donors (Lipinski definition) is 2. The van der Waals surface area contributed by atoms with Crippen molar-refractivity contribution >= 4 is 17.5 Å². The molecule has 1 aliphatic rings. The predicted molar refractivity (Wildman–Crippen MR) is 96.2 cm³/mol. The van der Waals surface area contributed by atoms with Gasteiger partial charge in [0, 0.05) is 36.8 Å². The summed E-state index contributed by atoms with van der Waals surface area (Å²) in [6.45, 7) is 0. The number of hydrogen-bond acceptors (Lipinski definition) is 4. The van der Waals surface area contributed by atoms with Gasteiger partial charge >= 0.3 is 0 Å². The molecule has 0 aliphatic heterocycles. The van der Waals surface area contributed by atoms with Crippen LogP contribution in [0.5, 0.6) is 0 Å². The average Bonchev–Trinajstić information content (AvgIpc) is 3.03. The molecule has 1 unspecified atom stereocenters. The van der Waals surface area contributed by atoms with Crippen LogP contribution in [0.25, 0.3) is 11.3 Å². The maximum atomic E-state index is 13.2. The molecular formula is C19H21FN4. The molecule has 1 aromatic carbocycles. The Kier molecular flexibility index (Phi) is 4.71. The molecule has 0 saturated heterocycles. The van der Waals surface area contributed by atoms with Gasteiger partial charge in [-0.1, -0.05) is 0 Å². The highest BCUT2D eigenvalue weighted by Gasteiger charge is 2.26. The smallest absolute Gasteiger partial charge is 0.123 e. The number of benzene rings is 1. The highest BCUT2D eigenvalue weighted by molar-refractivity contribution is 6.19. The molecule has 1 atom stereocenters. The van der Waals surface area contributed by atoms with Crippen LogP contribution in [0, 0.1) is 5.82 Å². The largest absolute Gasteiger partial charge is 0.398 e. The molecule has 3 rings (SSSR count). The third kappa shape index (κ3) is 2.95. The fourth-order valence-corrected chi connectivity index (χ4v) is 3.23. The lowest BCUT2D eigenvalue weighted by atomic mass is 9.96. The Bertz CT molecular complexity index is 794. The SMILES string of the molecule is CN=CC(=C(N)c1ccc(F)cc1)c1ccnc2c1CCC2NC. The van der Waals surface area contributed by atoms with E-state index in [1.807, 2.05) is 19.3 Å². The average molecular weight is 324 g/mol. The van der Waals surface area contributed by atoms with Gasteiger partial charge in [0.15, 0.2) is 0 Å². The van der Waals surface area contributed by atoms with Crippen LogP contribution in [0.2, 0.25) is 0 Å². The lowest BCUT2D eigenvalue weighted by Crippen LogP contribution is -2.14. The van der Waals surface area contributed by atoms with E-state index in [0.29, 0.717) is 5.70 Å². The molecule has 1 heterocycles. The van der Waals surface area contributed by atoms with Crippen molar-refractivity contribution < 1.29 is 4.39 Å². The first-order chi connectivity index (χ1) is 11.7. The van der Waals surface area contributed by atoms with Crippen molar-refractivity contribution in [3.05, 3.63) is 64.7 Å². The number of nitrogens with two attached hydrogens (primary N) is 1. The third-order valence-corrected chi connectivity index (χ3v) is 4.44. The van der Waals surface area contributed by atoms with Crippen molar-refractivity contribution in [1.82, 2.24) is 10.3 Å². The second kappa shape index (κ2) is 6.93. The first-order valence-electron chi connectivity index (χ1n) is 7.99. The fourth-order valence-electron chi connectivity index (χ4n) is 3.23. The molecule has 0 saturated carbocycles. The van der Waals surface area contributed by atoms with Crippen molar-refractivity contribution in [2.75, 3.05) is 14.1 Å². The Hall–Kier alpha value is -2.53. The van der Waals surface area contributed by atoms with E-state index in [9.17, 15) is 4.39 Å². The molecule has 2 aromatic rings. The number of nitrogens with zero attached hydrogens (tertiary/aromatic N) is 2. The summed E-state index contributed by atoms with van der Waals surface area (Å²) < 4.78 is 13.2. The summed E-state index contributed by atoms with van der Waals surface area (Å²) in [7, 11) is 3.67. The molecular weight excluding hydrogens is 303 g/mol. The Morgan fingerprint density at radius 3 is 2.75 bits per heavy atom. The van der Waals surface area contributed by atoms with Crippen LogP contribution in [0.3, 0.4) is 0 Å². The number of allylic oxidation sites excluding steroid dienone is 1. The Morgan fingerprint density at radius 1 is 1.33 bits per heavy atom. The minimum Gasteiger partial charge on any atom is -0.398 e. The van der Waals surface area contributed by atoms with Gasteiger partial charge in [-0.25, -0.2) is 4.39 Å². The van der Waals surface area contributed by atoms with E-state index < -0.39 is 0 Å². The van der Waals surface area contributed by atoms with E-state index in [4.69, 9.17) is 5.73 Å². The standard InChI is InChI=1S/C19H21FN4/c1-22-11-16(18(21)12-3-5-13(20)6-4-12)14-9-10-24-19-15(14)7-8-17(19)23-2/h3-6,9-11,17,23H,7-8,21H2,1-2H3. The summed E-state index contributed by atoms with van der Waals surface area (Å²) in [6.07, 6.45) is 5.54. The molecule has 5 heteroatoms. The highest BCUT2D eigenvalue weighted by atomic mass is 19.1. The van der Waals surface area contributed by atoms with E-state index in [1.165, 1.54) is 17.7 Å². The van der Waals surface area contributed by atoms with Gasteiger partial charge in [-0.3, -0.25) is 9.98 Å². The van der Waals surface area contributed by atoms with Crippen LogP contribution in [0.1, 0.15) is 34.8 Å². The van der Waals surface area contributed by atoms with Gasteiger partial charge in [0.2, 0.25) is 0 Å². The minimum atomic E-state index is -0.279. The van der Waals surface area contributed by atoms with Crippen molar-refractivity contribution in [3.8, 4) is 0 Å². The molecule has 0 spiro atoms. The molecule has 0 fully saturated rings. The van der Waals surface area contributed by atoms with Gasteiger partial charge in [-0.2, -0.15) is 0 Å². The summed E-state index contributed by atoms with van der Waals surface area (Å²) in [5, 5.41) is 3.30. The van der Waals surface area contributed by atoms with Crippen molar-refractivity contribution in [2.45, 2.75) is 18.9 Å². The van der Waals surface area contributed by atoms with Gasteiger partial charge < -0.3 is 11.1 Å². The maximum Gasteiger partial charge on any atom is 0.123 e. The number of rotatable bonds is 4. The first-order valence-corrected chi connectivity index (χ1v) is 7.99. The number of halogens is 1. The molecule has 1 aromatic heterocycles. The lowest BCUT2D eigenvalue weighted by molar-refractivity contribution is 0.579. The topological polar surface area (TPSA) is 63.3 Å². The summed E-state index contributed by atoms with van der Waals surface area (Å²) in [5.41, 5.74) is 11.9. The molecule has 124 valence electrons. The van der Waals surface area contributed by atoms with E-state index in [2.05, 4.69) is 15.3 Å². The molecule has 24 heavy (non-hydrogen) atoms. The van der Waals surface area contributed by atoms with Gasteiger partial charge in [-0.05, 0) is 66.9 Å². The summed E-state index contributed by atoms with van der Waals surface area (Å²) >= 11 is 0. The van der Waals surface area contributed by atoms with Crippen molar-refractivity contribution in [3.63, 3.8) is 0 Å². The molecule has 0 bridgehead atoms. The predicted octanol–water partition coefficient (Wildman–Crippen LogP) is 2.96. The highest BCUT2D eigenvalue weighted by Crippen LogP contribution is 2.35. The minimum absolute atomic E-state index is 0.270. The van der Waals surface area contributed by atoms with Crippen LogP contribution >= 0.6 is 0 Å². The molecule has 4 nitrogen and oxygen atoms in total. The monoisotopic (exact) mass is 324 g/mol. The zero-order valence-electron chi connectivity index (χ0n) is 13.9. The number of aliphatic imine (C=N–C) groups is 1. The summed E-state index contributed by atoms with van der Waals surface area (Å²) in [4.78, 5) is 8.71. The maximum absolute atomic E-state index is 13.2. The number of aromatic nitrogens is 1. The van der Waals surface area contributed by atoms with Crippen molar-refractivity contribution in [2.24, 2.45) is 10.7 Å². The third-order valence-electron chi connectivity index (χ3n) is 4.44. The number of pyridine rings is 1. The van der Waals surface area contributed by atoms with Crippen LogP contribution in [0.15, 0.2) is 41.5 Å². The quantitative estimate of drug-likeness (QED) is 0.850. The Labute approximate surface area is 141 Å². The summed E-state index contributed by atoms with van der Waals surface area (Å²) in [6, 6.07) is 8.45. The zero-order valence-corrected chi connectivity index (χ0v) is 13.9. The van der Waals surface area contributed by atoms with Gasteiger partial charge in [0.05, 0.1) is 5.69 Å². The molecule has 0 amide bonds. The second-order valence-electron chi connectivity index (χ2n) is 5.82. The van der Waals surface area contributed by atoms with Gasteiger partial charge in [0.1, 0.15) is 5.82 Å². The lowest BCUT2D eigenvalue weighted by Gasteiger charge is -2.14. The fraction of sp³-hybridized carbons (Fsp3) is 0.263. The zero-order chi connectivity index (χ0) is 17.1. The Balaban J connectivity index is 2.15. The molecule has 1 aliphatic carbocycles. The molecule has 0 radical (unpaired) electrons. The van der Waals surface area contributed by atoms with Gasteiger partial charge in [-0.15, -0.1) is 0 Å². The number of nitrogens with one attached hydrogen (secondary N) is 1. The first kappa shape index (κ1) is 16.3. The van der Waals surface area contributed by atoms with Gasteiger partial charge in [0.25, 0.3) is 0 Å². The second-order valence-corrected chi connectivity index (χ2v) is 5.82.